The fourth-order valence-corrected chi connectivity index (χ4v) is 4.10. The maximum Gasteiger partial charge on any atom is 0.230 e. The van der Waals surface area contributed by atoms with E-state index in [-0.39, 0.29) is 5.91 Å². The van der Waals surface area contributed by atoms with Gasteiger partial charge < -0.3 is 19.5 Å². The average Bonchev–Trinajstić information content (AvgIpc) is 3.10. The van der Waals surface area contributed by atoms with E-state index in [9.17, 15) is 14.7 Å². The summed E-state index contributed by atoms with van der Waals surface area (Å²) in [5.74, 6) is -2.09. The zero-order valence-electron chi connectivity index (χ0n) is 12.2. The number of hydrogen-bond acceptors (Lipinski definition) is 4. The second-order valence-corrected chi connectivity index (χ2v) is 6.54. The summed E-state index contributed by atoms with van der Waals surface area (Å²) in [6, 6.07) is 9.66. The molecule has 2 saturated heterocycles. The first-order valence-electron chi connectivity index (χ1n) is 7.39. The molecule has 2 fully saturated rings. The van der Waals surface area contributed by atoms with Gasteiger partial charge in [0.25, 0.3) is 0 Å². The summed E-state index contributed by atoms with van der Waals surface area (Å²) in [4.78, 5) is 26.2. The van der Waals surface area contributed by atoms with Crippen LogP contribution in [-0.2, 0) is 20.9 Å². The monoisotopic (exact) mass is 298 g/mol. The molecule has 0 aromatic heterocycles. The number of nitrogens with zero attached hydrogens (tertiary/aromatic N) is 1. The summed E-state index contributed by atoms with van der Waals surface area (Å²) < 4.78 is 5.90. The maximum atomic E-state index is 12.8. The number of hydrogen-bond donors (Lipinski definition) is 0. The van der Waals surface area contributed by atoms with E-state index in [1.165, 1.54) is 0 Å². The van der Waals surface area contributed by atoms with E-state index in [2.05, 4.69) is 0 Å². The molecule has 4 rings (SSSR count). The van der Waals surface area contributed by atoms with Crippen molar-refractivity contribution in [1.29, 1.82) is 0 Å². The zero-order chi connectivity index (χ0) is 15.5. The Morgan fingerprint density at radius 2 is 2.14 bits per heavy atom. The first-order valence-corrected chi connectivity index (χ1v) is 7.39. The Hall–Kier alpha value is -2.14. The smallest absolute Gasteiger partial charge is 0.230 e. The van der Waals surface area contributed by atoms with Gasteiger partial charge in [0, 0.05) is 6.54 Å². The minimum atomic E-state index is -1.29. The standard InChI is InChI=1S/C17H17NO4/c1-16(15(20)21)12-7-8-17(22-12)10-18(14(19)13(16)17)9-11-5-3-2-4-6-11/h2-8,12-13H,9-10H2,1H3,(H,20,21)/p-1/t12-,13-,16-,17-/m1/s1. The molecule has 1 amide bonds. The van der Waals surface area contributed by atoms with Gasteiger partial charge in [-0.15, -0.1) is 0 Å². The Kier molecular flexibility index (Phi) is 2.58. The topological polar surface area (TPSA) is 69.7 Å². The predicted molar refractivity (Wildman–Crippen MR) is 75.2 cm³/mol. The fraction of sp³-hybridized carbons (Fsp3) is 0.412. The molecule has 2 bridgehead atoms. The van der Waals surface area contributed by atoms with Gasteiger partial charge in [0.15, 0.2) is 0 Å². The highest BCUT2D eigenvalue weighted by Gasteiger charge is 2.70. The number of benzene rings is 1. The van der Waals surface area contributed by atoms with Crippen LogP contribution in [0.2, 0.25) is 0 Å². The Morgan fingerprint density at radius 3 is 2.82 bits per heavy atom. The number of aliphatic carboxylic acids is 1. The number of ether oxygens (including phenoxy) is 1. The second kappa shape index (κ2) is 4.20. The molecule has 5 nitrogen and oxygen atoms in total. The van der Waals surface area contributed by atoms with E-state index >= 15 is 0 Å². The number of fused-ring (bicyclic) bond motifs is 1. The number of amides is 1. The summed E-state index contributed by atoms with van der Waals surface area (Å²) in [6.45, 7) is 2.41. The van der Waals surface area contributed by atoms with Gasteiger partial charge in [-0.25, -0.2) is 0 Å². The van der Waals surface area contributed by atoms with Crippen molar-refractivity contribution in [2.24, 2.45) is 11.3 Å². The first kappa shape index (κ1) is 13.5. The van der Waals surface area contributed by atoms with E-state index in [0.717, 1.165) is 5.56 Å². The summed E-state index contributed by atoms with van der Waals surface area (Å²) in [7, 11) is 0. The molecule has 3 aliphatic heterocycles. The molecule has 3 aliphatic rings. The van der Waals surface area contributed by atoms with Crippen molar-refractivity contribution in [1.82, 2.24) is 4.90 Å². The Bertz CT molecular complexity index is 685. The quantitative estimate of drug-likeness (QED) is 0.743. The molecular formula is C17H16NO4-. The highest BCUT2D eigenvalue weighted by molar-refractivity contribution is 5.92. The molecular weight excluding hydrogens is 282 g/mol. The number of carbonyl (C=O) groups excluding carboxylic acids is 2. The Morgan fingerprint density at radius 1 is 1.41 bits per heavy atom. The van der Waals surface area contributed by atoms with Gasteiger partial charge in [-0.1, -0.05) is 49.4 Å². The van der Waals surface area contributed by atoms with Crippen LogP contribution in [0.1, 0.15) is 12.5 Å². The van der Waals surface area contributed by atoms with E-state index in [4.69, 9.17) is 4.74 Å². The van der Waals surface area contributed by atoms with Crippen molar-refractivity contribution in [3.63, 3.8) is 0 Å². The molecule has 1 aromatic rings. The van der Waals surface area contributed by atoms with Gasteiger partial charge in [0.05, 0.1) is 30.0 Å². The van der Waals surface area contributed by atoms with Gasteiger partial charge in [0.1, 0.15) is 5.60 Å². The van der Waals surface area contributed by atoms with Crippen LogP contribution >= 0.6 is 0 Å². The Balaban J connectivity index is 1.68. The summed E-state index contributed by atoms with van der Waals surface area (Å²) >= 11 is 0. The number of carbonyl (C=O) groups is 2. The summed E-state index contributed by atoms with van der Waals surface area (Å²) in [5, 5.41) is 11.7. The first-order chi connectivity index (χ1) is 10.5. The van der Waals surface area contributed by atoms with Crippen LogP contribution < -0.4 is 5.11 Å². The number of rotatable bonds is 3. The molecule has 0 saturated carbocycles. The van der Waals surface area contributed by atoms with Crippen molar-refractivity contribution >= 4 is 11.9 Å². The third-order valence-corrected chi connectivity index (χ3v) is 5.23. The maximum absolute atomic E-state index is 12.8. The molecule has 0 N–H and O–H groups in total. The molecule has 0 aliphatic carbocycles. The normalized spacial score (nSPS) is 38.6. The van der Waals surface area contributed by atoms with Gasteiger partial charge >= 0.3 is 0 Å². The lowest BCUT2D eigenvalue weighted by molar-refractivity contribution is -0.321. The lowest BCUT2D eigenvalue weighted by Crippen LogP contribution is -2.53. The molecule has 3 heterocycles. The van der Waals surface area contributed by atoms with Crippen molar-refractivity contribution in [3.8, 4) is 0 Å². The van der Waals surface area contributed by atoms with Crippen molar-refractivity contribution in [2.75, 3.05) is 6.54 Å². The molecule has 0 radical (unpaired) electrons. The third kappa shape index (κ3) is 1.52. The van der Waals surface area contributed by atoms with E-state index < -0.39 is 29.0 Å². The van der Waals surface area contributed by atoms with Crippen molar-refractivity contribution in [2.45, 2.75) is 25.2 Å². The van der Waals surface area contributed by atoms with Gasteiger partial charge in [-0.2, -0.15) is 0 Å². The largest absolute Gasteiger partial charge is 0.549 e. The van der Waals surface area contributed by atoms with Crippen LogP contribution in [0.15, 0.2) is 42.5 Å². The van der Waals surface area contributed by atoms with E-state index in [0.29, 0.717) is 13.1 Å². The minimum absolute atomic E-state index is 0.164. The number of likely N-dealkylation sites (tertiary alicyclic amines) is 1. The van der Waals surface area contributed by atoms with Crippen molar-refractivity contribution < 1.29 is 19.4 Å². The zero-order valence-corrected chi connectivity index (χ0v) is 12.2. The number of carboxylic acid groups (broad SMARTS) is 1. The Labute approximate surface area is 128 Å². The van der Waals surface area contributed by atoms with Gasteiger partial charge in [0.2, 0.25) is 5.91 Å². The molecule has 1 spiro atoms. The molecule has 22 heavy (non-hydrogen) atoms. The van der Waals surface area contributed by atoms with E-state index in [1.807, 2.05) is 36.4 Å². The van der Waals surface area contributed by atoms with Crippen LogP contribution in [0.3, 0.4) is 0 Å². The van der Waals surface area contributed by atoms with Crippen LogP contribution in [0.25, 0.3) is 0 Å². The molecule has 0 unspecified atom stereocenters. The third-order valence-electron chi connectivity index (χ3n) is 5.23. The average molecular weight is 298 g/mol. The molecule has 5 heteroatoms. The van der Waals surface area contributed by atoms with Crippen LogP contribution in [0, 0.1) is 11.3 Å². The lowest BCUT2D eigenvalue weighted by Gasteiger charge is -2.35. The summed E-state index contributed by atoms with van der Waals surface area (Å²) in [5.41, 5.74) is -1.09. The number of carboxylic acids is 1. The molecule has 114 valence electrons. The van der Waals surface area contributed by atoms with Gasteiger partial charge in [-0.05, 0) is 5.56 Å². The second-order valence-electron chi connectivity index (χ2n) is 6.54. The molecule has 4 atom stereocenters. The lowest BCUT2D eigenvalue weighted by atomic mass is 9.66. The molecule has 1 aromatic carbocycles. The summed E-state index contributed by atoms with van der Waals surface area (Å²) in [6.07, 6.45) is 3.03. The highest BCUT2D eigenvalue weighted by Crippen LogP contribution is 2.58. The van der Waals surface area contributed by atoms with Crippen molar-refractivity contribution in [3.05, 3.63) is 48.0 Å². The van der Waals surface area contributed by atoms with Crippen LogP contribution in [0.4, 0.5) is 0 Å². The van der Waals surface area contributed by atoms with Crippen LogP contribution in [0.5, 0.6) is 0 Å². The van der Waals surface area contributed by atoms with E-state index in [1.54, 1.807) is 17.9 Å². The highest BCUT2D eigenvalue weighted by atomic mass is 16.5. The predicted octanol–water partition coefficient (Wildman–Crippen LogP) is 0.109. The fourth-order valence-electron chi connectivity index (χ4n) is 4.10. The minimum Gasteiger partial charge on any atom is -0.549 e. The van der Waals surface area contributed by atoms with Gasteiger partial charge in [-0.3, -0.25) is 4.79 Å². The SMILES string of the molecule is C[C@]1(C(=O)[O-])[C@H]2C(=O)N(Cc3ccccc3)C[C@]23C=C[C@H]1O3. The van der Waals surface area contributed by atoms with Crippen LogP contribution in [-0.4, -0.2) is 35.0 Å².